The predicted molar refractivity (Wildman–Crippen MR) is 56.7 cm³/mol. The summed E-state index contributed by atoms with van der Waals surface area (Å²) >= 11 is 0. The summed E-state index contributed by atoms with van der Waals surface area (Å²) in [5.41, 5.74) is 4.79. The largest absolute Gasteiger partial charge is 0.415 e. The van der Waals surface area contributed by atoms with Gasteiger partial charge < -0.3 is 10.6 Å². The van der Waals surface area contributed by atoms with Crippen molar-refractivity contribution in [2.24, 2.45) is 17.1 Å². The van der Waals surface area contributed by atoms with Crippen LogP contribution in [0.5, 0.6) is 0 Å². The van der Waals surface area contributed by atoms with E-state index in [1.165, 1.54) is 5.06 Å². The molecule has 1 aliphatic carbocycles. The van der Waals surface area contributed by atoms with Crippen molar-refractivity contribution in [3.63, 3.8) is 0 Å². The summed E-state index contributed by atoms with van der Waals surface area (Å²) in [5.74, 6) is -1.76. The molecular weight excluding hydrogens is 208 g/mol. The molecule has 1 saturated heterocycles. The molecule has 2 unspecified atom stereocenters. The van der Waals surface area contributed by atoms with Gasteiger partial charge in [-0.05, 0) is 0 Å². The van der Waals surface area contributed by atoms with E-state index in [0.717, 1.165) is 0 Å². The Morgan fingerprint density at radius 2 is 2.25 bits per heavy atom. The molecule has 2 N–H and O–H groups in total. The van der Waals surface area contributed by atoms with Crippen molar-refractivity contribution in [3.05, 3.63) is 24.3 Å². The van der Waals surface area contributed by atoms with E-state index in [9.17, 15) is 9.59 Å². The number of nitrogens with zero attached hydrogens (tertiary/aromatic N) is 1. The van der Waals surface area contributed by atoms with Crippen LogP contribution >= 0.6 is 0 Å². The molecule has 0 radical (unpaired) electrons. The van der Waals surface area contributed by atoms with Gasteiger partial charge in [0.05, 0.1) is 0 Å². The number of amides is 1. The fraction of sp³-hybridized carbons (Fsp3) is 0.455. The van der Waals surface area contributed by atoms with Crippen molar-refractivity contribution in [1.82, 2.24) is 5.06 Å². The zero-order valence-corrected chi connectivity index (χ0v) is 9.05. The Morgan fingerprint density at radius 1 is 1.50 bits per heavy atom. The first-order valence-corrected chi connectivity index (χ1v) is 5.14. The smallest absolute Gasteiger partial charge is 0.360 e. The van der Waals surface area contributed by atoms with Crippen LogP contribution in [0.4, 0.5) is 0 Å². The highest BCUT2D eigenvalue weighted by Crippen LogP contribution is 2.39. The van der Waals surface area contributed by atoms with Gasteiger partial charge in [-0.25, -0.2) is 4.79 Å². The van der Waals surface area contributed by atoms with E-state index in [4.69, 9.17) is 10.6 Å². The number of hydrogen-bond acceptors (Lipinski definition) is 4. The minimum atomic E-state index is -1.06. The highest BCUT2D eigenvalue weighted by molar-refractivity contribution is 6.31. The molecule has 5 nitrogen and oxygen atoms in total. The van der Waals surface area contributed by atoms with Crippen LogP contribution < -0.4 is 5.73 Å². The van der Waals surface area contributed by atoms with E-state index in [-0.39, 0.29) is 5.41 Å². The van der Waals surface area contributed by atoms with E-state index in [2.05, 4.69) is 19.1 Å². The highest BCUT2D eigenvalue weighted by Gasteiger charge is 2.42. The summed E-state index contributed by atoms with van der Waals surface area (Å²) in [4.78, 5) is 26.5. The molecule has 0 saturated carbocycles. The van der Waals surface area contributed by atoms with Gasteiger partial charge in [0.25, 0.3) is 0 Å². The second-order valence-corrected chi connectivity index (χ2v) is 4.42. The quantitative estimate of drug-likeness (QED) is 0.633. The minimum Gasteiger partial charge on any atom is -0.360 e. The van der Waals surface area contributed by atoms with Crippen LogP contribution in [0.3, 0.4) is 0 Å². The average molecular weight is 222 g/mol. The summed E-state index contributed by atoms with van der Waals surface area (Å²) in [5, 5.41) is 1.50. The minimum absolute atomic E-state index is 0.0350. The summed E-state index contributed by atoms with van der Waals surface area (Å²) in [6.45, 7) is 3.27. The molecular formula is C11H14N2O3. The fourth-order valence-corrected chi connectivity index (χ4v) is 2.15. The Labute approximate surface area is 93.5 Å². The molecule has 1 amide bonds. The van der Waals surface area contributed by atoms with Gasteiger partial charge in [-0.3, -0.25) is 4.79 Å². The van der Waals surface area contributed by atoms with Crippen LogP contribution in [0.25, 0.3) is 0 Å². The molecule has 5 heteroatoms. The van der Waals surface area contributed by atoms with Crippen molar-refractivity contribution < 1.29 is 14.4 Å². The molecule has 1 heterocycles. The van der Waals surface area contributed by atoms with Crippen LogP contribution in [0.2, 0.25) is 0 Å². The predicted octanol–water partition coefficient (Wildman–Crippen LogP) is -0.00600. The fourth-order valence-electron chi connectivity index (χ4n) is 2.15. The van der Waals surface area contributed by atoms with E-state index in [0.29, 0.717) is 19.0 Å². The van der Waals surface area contributed by atoms with Crippen molar-refractivity contribution in [2.75, 3.05) is 13.1 Å². The Hall–Kier alpha value is -1.62. The number of nitrogens with two attached hydrogens (primary N) is 1. The lowest BCUT2D eigenvalue weighted by atomic mass is 9.77. The number of carbonyl (C=O) groups excluding carboxylic acids is 2. The second-order valence-electron chi connectivity index (χ2n) is 4.42. The van der Waals surface area contributed by atoms with Crippen molar-refractivity contribution in [2.45, 2.75) is 6.92 Å². The van der Waals surface area contributed by atoms with Gasteiger partial charge in [0.1, 0.15) is 0 Å². The number of fused-ring (bicyclic) bond motifs is 1. The van der Waals surface area contributed by atoms with E-state index >= 15 is 0 Å². The number of rotatable bonds is 1. The molecule has 86 valence electrons. The van der Waals surface area contributed by atoms with Gasteiger partial charge in [-0.1, -0.05) is 31.2 Å². The lowest BCUT2D eigenvalue weighted by Crippen LogP contribution is -2.34. The number of carbonyl (C=O) groups is 2. The molecule has 2 atom stereocenters. The normalized spacial score (nSPS) is 32.4. The van der Waals surface area contributed by atoms with E-state index in [1.807, 2.05) is 12.2 Å². The van der Waals surface area contributed by atoms with Gasteiger partial charge in [-0.2, -0.15) is 0 Å². The van der Waals surface area contributed by atoms with Crippen LogP contribution in [-0.4, -0.2) is 30.0 Å². The van der Waals surface area contributed by atoms with Crippen LogP contribution in [0.1, 0.15) is 6.92 Å². The van der Waals surface area contributed by atoms with Crippen LogP contribution in [0, 0.1) is 11.3 Å². The number of allylic oxidation sites excluding steroid dienone is 2. The molecule has 0 bridgehead atoms. The Morgan fingerprint density at radius 3 is 2.88 bits per heavy atom. The molecule has 0 aromatic carbocycles. The molecule has 1 aliphatic heterocycles. The van der Waals surface area contributed by atoms with Gasteiger partial charge >= 0.3 is 11.9 Å². The summed E-state index contributed by atoms with van der Waals surface area (Å²) in [6.07, 6.45) is 8.13. The molecule has 2 rings (SSSR count). The molecule has 0 spiro atoms. The van der Waals surface area contributed by atoms with Crippen molar-refractivity contribution in [3.8, 4) is 0 Å². The lowest BCUT2D eigenvalue weighted by molar-refractivity contribution is -0.188. The first-order chi connectivity index (χ1) is 7.51. The van der Waals surface area contributed by atoms with Crippen LogP contribution in [0.15, 0.2) is 24.3 Å². The first kappa shape index (κ1) is 10.9. The third kappa shape index (κ3) is 1.86. The van der Waals surface area contributed by atoms with E-state index in [1.54, 1.807) is 0 Å². The van der Waals surface area contributed by atoms with Gasteiger partial charge in [-0.15, -0.1) is 5.06 Å². The van der Waals surface area contributed by atoms with Crippen LogP contribution in [-0.2, 0) is 14.4 Å². The maximum Gasteiger partial charge on any atom is 0.415 e. The molecule has 2 aliphatic rings. The third-order valence-electron chi connectivity index (χ3n) is 3.11. The highest BCUT2D eigenvalue weighted by atomic mass is 16.7. The summed E-state index contributed by atoms with van der Waals surface area (Å²) in [7, 11) is 0. The maximum absolute atomic E-state index is 11.0. The summed E-state index contributed by atoms with van der Waals surface area (Å²) < 4.78 is 0. The number of hydrogen-bond donors (Lipinski definition) is 1. The number of primary amides is 1. The SMILES string of the molecule is CC12C=CC=CC1CN(OC(=O)C(N)=O)C2. The zero-order valence-electron chi connectivity index (χ0n) is 9.05. The van der Waals surface area contributed by atoms with Gasteiger partial charge in [0.15, 0.2) is 0 Å². The van der Waals surface area contributed by atoms with Gasteiger partial charge in [0.2, 0.25) is 0 Å². The summed E-state index contributed by atoms with van der Waals surface area (Å²) in [6, 6.07) is 0. The third-order valence-corrected chi connectivity index (χ3v) is 3.11. The first-order valence-electron chi connectivity index (χ1n) is 5.14. The molecule has 1 fully saturated rings. The Balaban J connectivity index is 2.02. The second kappa shape index (κ2) is 3.75. The van der Waals surface area contributed by atoms with Crippen molar-refractivity contribution >= 4 is 11.9 Å². The van der Waals surface area contributed by atoms with E-state index < -0.39 is 11.9 Å². The molecule has 0 aromatic rings. The van der Waals surface area contributed by atoms with Crippen molar-refractivity contribution in [1.29, 1.82) is 0 Å². The Bertz CT molecular complexity index is 389. The molecule has 0 aromatic heterocycles. The topological polar surface area (TPSA) is 72.6 Å². The maximum atomic E-state index is 11.0. The lowest BCUT2D eigenvalue weighted by Gasteiger charge is -2.26. The average Bonchev–Trinajstić information content (AvgIpc) is 2.53. The Kier molecular flexibility index (Phi) is 2.55. The molecule has 16 heavy (non-hydrogen) atoms. The standard InChI is InChI=1S/C11H14N2O3/c1-11-5-3-2-4-8(11)6-13(7-11)16-10(15)9(12)14/h2-5,8H,6-7H2,1H3,(H2,12,14). The monoisotopic (exact) mass is 222 g/mol. The zero-order chi connectivity index (χ0) is 11.8. The number of hydroxylamine groups is 2. The van der Waals surface area contributed by atoms with Gasteiger partial charge in [0, 0.05) is 24.4 Å².